The second-order valence-electron chi connectivity index (χ2n) is 2.89. The number of carbonyl (C=O) groups is 3. The number of nitrogens with one attached hydrogen (secondary N) is 2. The summed E-state index contributed by atoms with van der Waals surface area (Å²) in [6, 6.07) is 0. The second-order valence-corrected chi connectivity index (χ2v) is 2.89. The molecule has 0 aromatic carbocycles. The predicted molar refractivity (Wildman–Crippen MR) is 60.8 cm³/mol. The van der Waals surface area contributed by atoms with Crippen LogP contribution in [0.3, 0.4) is 0 Å². The zero-order chi connectivity index (χ0) is 13.5. The summed E-state index contributed by atoms with van der Waals surface area (Å²) in [5.74, 6) is 9.24. The Morgan fingerprint density at radius 1 is 1.12 bits per heavy atom. The van der Waals surface area contributed by atoms with Crippen molar-refractivity contribution in [3.8, 4) is 0 Å². The summed E-state index contributed by atoms with van der Waals surface area (Å²) < 4.78 is 4.15. The average molecular weight is 248 g/mol. The summed E-state index contributed by atoms with van der Waals surface area (Å²) in [6.07, 6.45) is 1.95. The molecule has 17 heavy (non-hydrogen) atoms. The van der Waals surface area contributed by atoms with Crippen LogP contribution in [0.4, 0.5) is 0 Å². The maximum atomic E-state index is 10.6. The Labute approximate surface area is 100.0 Å². The van der Waals surface area contributed by atoms with Crippen LogP contribution in [-0.4, -0.2) is 24.9 Å². The summed E-state index contributed by atoms with van der Waals surface area (Å²) in [5, 5.41) is 0. The lowest BCUT2D eigenvalue weighted by Crippen LogP contribution is -2.30. The van der Waals surface area contributed by atoms with Gasteiger partial charge in [0.2, 0.25) is 11.8 Å². The van der Waals surface area contributed by atoms with Gasteiger partial charge in [0.25, 0.3) is 6.47 Å². The summed E-state index contributed by atoms with van der Waals surface area (Å²) >= 11 is 0. The average Bonchev–Trinajstić information content (AvgIpc) is 2.35. The molecule has 0 aromatic heterocycles. The summed E-state index contributed by atoms with van der Waals surface area (Å²) in [4.78, 5) is 30.3. The molecule has 0 atom stereocenters. The molecule has 8 nitrogen and oxygen atoms in total. The molecule has 0 radical (unpaired) electrons. The number of rotatable bonds is 7. The van der Waals surface area contributed by atoms with Crippen molar-refractivity contribution in [1.82, 2.24) is 10.9 Å². The van der Waals surface area contributed by atoms with E-state index in [0.717, 1.165) is 0 Å². The van der Waals surface area contributed by atoms with Crippen LogP contribution in [0.25, 0.3) is 0 Å². The molecule has 0 spiro atoms. The minimum Gasteiger partial charge on any atom is -0.468 e. The van der Waals surface area contributed by atoms with Crippen LogP contribution >= 0.6 is 0 Å². The molecular formula is C9H20N4O4. The fourth-order valence-electron chi connectivity index (χ4n) is 0.783. The molecule has 0 unspecified atom stereocenters. The van der Waals surface area contributed by atoms with Crippen molar-refractivity contribution in [3.63, 3.8) is 0 Å². The fourth-order valence-corrected chi connectivity index (χ4v) is 0.783. The van der Waals surface area contributed by atoms with Crippen LogP contribution in [0.5, 0.6) is 0 Å². The Morgan fingerprint density at radius 2 is 1.53 bits per heavy atom. The van der Waals surface area contributed by atoms with E-state index in [9.17, 15) is 14.4 Å². The maximum Gasteiger partial charge on any atom is 0.293 e. The SMILES string of the molecule is CCOC=O.NNC(=O)CCCCC(=O)NN. The van der Waals surface area contributed by atoms with Gasteiger partial charge >= 0.3 is 0 Å². The van der Waals surface area contributed by atoms with E-state index in [1.54, 1.807) is 6.92 Å². The number of hydrogen-bond donors (Lipinski definition) is 4. The fraction of sp³-hybridized carbons (Fsp3) is 0.667. The molecule has 0 bridgehead atoms. The second kappa shape index (κ2) is 14.3. The predicted octanol–water partition coefficient (Wildman–Crippen LogP) is -1.29. The number of hydrogen-bond acceptors (Lipinski definition) is 6. The third-order valence-corrected chi connectivity index (χ3v) is 1.61. The molecule has 0 aliphatic carbocycles. The van der Waals surface area contributed by atoms with Crippen molar-refractivity contribution in [1.29, 1.82) is 0 Å². The lowest BCUT2D eigenvalue weighted by atomic mass is 10.2. The van der Waals surface area contributed by atoms with Gasteiger partial charge in [-0.3, -0.25) is 25.2 Å². The Bertz CT molecular complexity index is 205. The van der Waals surface area contributed by atoms with E-state index in [2.05, 4.69) is 4.74 Å². The van der Waals surface area contributed by atoms with Gasteiger partial charge in [-0.25, -0.2) is 11.7 Å². The van der Waals surface area contributed by atoms with Crippen molar-refractivity contribution in [2.45, 2.75) is 32.6 Å². The molecule has 2 amide bonds. The summed E-state index contributed by atoms with van der Waals surface area (Å²) in [5.41, 5.74) is 4.01. The summed E-state index contributed by atoms with van der Waals surface area (Å²) in [7, 11) is 0. The van der Waals surface area contributed by atoms with Gasteiger partial charge in [0.15, 0.2) is 0 Å². The van der Waals surface area contributed by atoms with Crippen LogP contribution in [0.1, 0.15) is 32.6 Å². The Balaban J connectivity index is 0. The smallest absolute Gasteiger partial charge is 0.293 e. The van der Waals surface area contributed by atoms with Crippen LogP contribution < -0.4 is 22.5 Å². The van der Waals surface area contributed by atoms with Crippen molar-refractivity contribution < 1.29 is 19.1 Å². The van der Waals surface area contributed by atoms with Gasteiger partial charge in [-0.2, -0.15) is 0 Å². The zero-order valence-electron chi connectivity index (χ0n) is 9.90. The molecule has 0 rings (SSSR count). The van der Waals surface area contributed by atoms with Crippen LogP contribution in [0.2, 0.25) is 0 Å². The highest BCUT2D eigenvalue weighted by Gasteiger charge is 2.00. The molecule has 8 heteroatoms. The Morgan fingerprint density at radius 3 is 1.71 bits per heavy atom. The molecule has 0 saturated carbocycles. The quantitative estimate of drug-likeness (QED) is 0.145. The topological polar surface area (TPSA) is 137 Å². The van der Waals surface area contributed by atoms with Gasteiger partial charge in [0.1, 0.15) is 0 Å². The molecule has 0 aliphatic rings. The highest BCUT2D eigenvalue weighted by molar-refractivity contribution is 5.76. The van der Waals surface area contributed by atoms with Crippen molar-refractivity contribution in [3.05, 3.63) is 0 Å². The van der Waals surface area contributed by atoms with E-state index in [1.807, 2.05) is 10.9 Å². The molecule has 0 aromatic rings. The highest BCUT2D eigenvalue weighted by atomic mass is 16.5. The van der Waals surface area contributed by atoms with Crippen LogP contribution in [-0.2, 0) is 19.1 Å². The largest absolute Gasteiger partial charge is 0.468 e. The molecular weight excluding hydrogens is 228 g/mol. The zero-order valence-corrected chi connectivity index (χ0v) is 9.90. The lowest BCUT2D eigenvalue weighted by Gasteiger charge is -1.99. The van der Waals surface area contributed by atoms with Crippen molar-refractivity contribution in [2.24, 2.45) is 11.7 Å². The van der Waals surface area contributed by atoms with E-state index < -0.39 is 0 Å². The normalized spacial score (nSPS) is 8.41. The number of carbonyl (C=O) groups excluding carboxylic acids is 3. The first kappa shape index (κ1) is 17.7. The number of ether oxygens (including phenoxy) is 1. The van der Waals surface area contributed by atoms with Gasteiger partial charge in [-0.15, -0.1) is 0 Å². The van der Waals surface area contributed by atoms with Crippen molar-refractivity contribution in [2.75, 3.05) is 6.61 Å². The number of amides is 2. The van der Waals surface area contributed by atoms with Crippen LogP contribution in [0.15, 0.2) is 0 Å². The first-order valence-corrected chi connectivity index (χ1v) is 5.16. The number of unbranched alkanes of at least 4 members (excludes halogenated alkanes) is 1. The van der Waals surface area contributed by atoms with E-state index in [0.29, 0.717) is 38.8 Å². The molecule has 0 saturated heterocycles. The number of hydrazine groups is 2. The maximum absolute atomic E-state index is 10.6. The Hall–Kier alpha value is -1.67. The summed E-state index contributed by atoms with van der Waals surface area (Å²) in [6.45, 7) is 2.66. The third-order valence-electron chi connectivity index (χ3n) is 1.61. The molecule has 6 N–H and O–H groups in total. The standard InChI is InChI=1S/C6H14N4O2.C3H6O2/c7-9-5(11)3-1-2-4-6(12)10-8;1-2-5-3-4/h1-4,7-8H2,(H,9,11)(H,10,12);3H,2H2,1H3. The highest BCUT2D eigenvalue weighted by Crippen LogP contribution is 1.98. The van der Waals surface area contributed by atoms with Gasteiger partial charge in [-0.05, 0) is 19.8 Å². The third kappa shape index (κ3) is 17.0. The molecule has 0 fully saturated rings. The monoisotopic (exact) mass is 248 g/mol. The van der Waals surface area contributed by atoms with Crippen molar-refractivity contribution >= 4 is 18.3 Å². The lowest BCUT2D eigenvalue weighted by molar-refractivity contribution is -0.128. The van der Waals surface area contributed by atoms with E-state index in [4.69, 9.17) is 11.7 Å². The van der Waals surface area contributed by atoms with Gasteiger partial charge < -0.3 is 4.74 Å². The van der Waals surface area contributed by atoms with Gasteiger partial charge in [0, 0.05) is 12.8 Å². The minimum absolute atomic E-state index is 0.219. The van der Waals surface area contributed by atoms with E-state index in [1.165, 1.54) is 0 Å². The minimum atomic E-state index is -0.219. The van der Waals surface area contributed by atoms with Crippen LogP contribution in [0, 0.1) is 0 Å². The first-order valence-electron chi connectivity index (χ1n) is 5.16. The van der Waals surface area contributed by atoms with Gasteiger partial charge in [-0.1, -0.05) is 0 Å². The Kier molecular flexibility index (Phi) is 14.9. The number of nitrogens with two attached hydrogens (primary N) is 2. The van der Waals surface area contributed by atoms with E-state index >= 15 is 0 Å². The van der Waals surface area contributed by atoms with Gasteiger partial charge in [0.05, 0.1) is 6.61 Å². The first-order chi connectivity index (χ1) is 8.12. The molecule has 0 aliphatic heterocycles. The van der Waals surface area contributed by atoms with E-state index in [-0.39, 0.29) is 11.8 Å². The molecule has 100 valence electrons. The molecule has 0 heterocycles.